The van der Waals surface area contributed by atoms with Crippen molar-refractivity contribution in [2.75, 3.05) is 34.4 Å². The lowest BCUT2D eigenvalue weighted by Gasteiger charge is -2.17. The van der Waals surface area contributed by atoms with Gasteiger partial charge in [-0.2, -0.15) is 0 Å². The summed E-state index contributed by atoms with van der Waals surface area (Å²) in [6.45, 7) is 3.99. The number of methoxy groups -OCH3 is 2. The Kier molecular flexibility index (Phi) is 11.8. The third-order valence-electron chi connectivity index (χ3n) is 4.62. The first-order valence-corrected chi connectivity index (χ1v) is 9.71. The van der Waals surface area contributed by atoms with Crippen LogP contribution in [0, 0.1) is 0 Å². The van der Waals surface area contributed by atoms with Gasteiger partial charge in [0.25, 0.3) is 0 Å². The molecule has 0 aliphatic heterocycles. The van der Waals surface area contributed by atoms with Crippen LogP contribution in [0.4, 0.5) is 0 Å². The molecule has 0 saturated carbocycles. The number of hydrogen-bond donors (Lipinski definition) is 2. The Morgan fingerprint density at radius 3 is 2.36 bits per heavy atom. The smallest absolute Gasteiger partial charge is 0.203 e. The summed E-state index contributed by atoms with van der Waals surface area (Å²) in [5, 5.41) is 6.73. The third kappa shape index (κ3) is 7.41. The van der Waals surface area contributed by atoms with Crippen molar-refractivity contribution in [2.45, 2.75) is 45.6 Å². The molecule has 1 aliphatic rings. The van der Waals surface area contributed by atoms with Crippen LogP contribution in [0.1, 0.15) is 44.6 Å². The molecule has 0 aromatic heterocycles. The molecule has 158 valence electrons. The maximum Gasteiger partial charge on any atom is 0.203 e. The summed E-state index contributed by atoms with van der Waals surface area (Å²) in [6, 6.07) is 3.92. The van der Waals surface area contributed by atoms with Crippen LogP contribution in [0.25, 0.3) is 0 Å². The minimum Gasteiger partial charge on any atom is -0.493 e. The lowest BCUT2D eigenvalue weighted by atomic mass is 9.97. The van der Waals surface area contributed by atoms with Crippen LogP contribution in [0.2, 0.25) is 0 Å². The van der Waals surface area contributed by atoms with Gasteiger partial charge in [0.1, 0.15) is 0 Å². The number of ether oxygens (including phenoxy) is 3. The van der Waals surface area contributed by atoms with E-state index in [1.165, 1.54) is 25.7 Å². The van der Waals surface area contributed by atoms with Gasteiger partial charge in [-0.05, 0) is 56.7 Å². The number of allylic oxidation sites excluding steroid dienone is 1. The summed E-state index contributed by atoms with van der Waals surface area (Å²) in [5.41, 5.74) is 2.59. The number of hydrogen-bond acceptors (Lipinski definition) is 4. The largest absolute Gasteiger partial charge is 0.493 e. The van der Waals surface area contributed by atoms with E-state index in [-0.39, 0.29) is 24.0 Å². The van der Waals surface area contributed by atoms with Crippen molar-refractivity contribution in [3.05, 3.63) is 29.3 Å². The van der Waals surface area contributed by atoms with Crippen molar-refractivity contribution >= 4 is 29.9 Å². The Labute approximate surface area is 186 Å². The molecule has 2 N–H and O–H groups in total. The van der Waals surface area contributed by atoms with Crippen molar-refractivity contribution in [2.24, 2.45) is 4.99 Å². The molecule has 1 aromatic carbocycles. The van der Waals surface area contributed by atoms with Gasteiger partial charge in [0.2, 0.25) is 5.75 Å². The van der Waals surface area contributed by atoms with Crippen LogP contribution in [0.5, 0.6) is 17.2 Å². The molecule has 7 heteroatoms. The highest BCUT2D eigenvalue weighted by molar-refractivity contribution is 14.0. The summed E-state index contributed by atoms with van der Waals surface area (Å²) < 4.78 is 16.6. The first kappa shape index (κ1) is 24.4. The average Bonchev–Trinajstić information content (AvgIpc) is 2.71. The zero-order valence-electron chi connectivity index (χ0n) is 17.5. The molecular weight excluding hydrogens is 469 g/mol. The van der Waals surface area contributed by atoms with Gasteiger partial charge in [0.05, 0.1) is 20.8 Å². The van der Waals surface area contributed by atoms with Crippen LogP contribution in [0.15, 0.2) is 28.8 Å². The minimum absolute atomic E-state index is 0. The van der Waals surface area contributed by atoms with Crippen molar-refractivity contribution < 1.29 is 14.2 Å². The predicted molar refractivity (Wildman–Crippen MR) is 125 cm³/mol. The van der Waals surface area contributed by atoms with Crippen molar-refractivity contribution in [3.63, 3.8) is 0 Å². The van der Waals surface area contributed by atoms with Gasteiger partial charge in [0, 0.05) is 20.1 Å². The van der Waals surface area contributed by atoms with Gasteiger partial charge in [-0.25, -0.2) is 0 Å². The molecule has 1 aliphatic carbocycles. The zero-order chi connectivity index (χ0) is 19.5. The quantitative estimate of drug-likeness (QED) is 0.228. The zero-order valence-corrected chi connectivity index (χ0v) is 19.8. The summed E-state index contributed by atoms with van der Waals surface area (Å²) >= 11 is 0. The van der Waals surface area contributed by atoms with E-state index in [0.29, 0.717) is 30.4 Å². The topological polar surface area (TPSA) is 64.1 Å². The number of benzene rings is 1. The lowest BCUT2D eigenvalue weighted by Crippen LogP contribution is -2.37. The third-order valence-corrected chi connectivity index (χ3v) is 4.62. The second-order valence-electron chi connectivity index (χ2n) is 6.47. The predicted octanol–water partition coefficient (Wildman–Crippen LogP) is 4.28. The van der Waals surface area contributed by atoms with E-state index in [4.69, 9.17) is 14.2 Å². The Hall–Kier alpha value is -1.64. The van der Waals surface area contributed by atoms with Gasteiger partial charge in [-0.1, -0.05) is 11.6 Å². The highest BCUT2D eigenvalue weighted by Crippen LogP contribution is 2.38. The second kappa shape index (κ2) is 13.5. The van der Waals surface area contributed by atoms with E-state index in [9.17, 15) is 0 Å². The van der Waals surface area contributed by atoms with E-state index >= 15 is 0 Å². The fourth-order valence-electron chi connectivity index (χ4n) is 3.20. The normalized spacial score (nSPS) is 13.9. The maximum atomic E-state index is 5.65. The number of rotatable bonds is 9. The van der Waals surface area contributed by atoms with Crippen LogP contribution >= 0.6 is 24.0 Å². The molecule has 0 amide bonds. The summed E-state index contributed by atoms with van der Waals surface area (Å²) in [4.78, 5) is 4.31. The summed E-state index contributed by atoms with van der Waals surface area (Å²) in [7, 11) is 5.05. The van der Waals surface area contributed by atoms with Crippen molar-refractivity contribution in [3.8, 4) is 17.2 Å². The molecule has 0 unspecified atom stereocenters. The Morgan fingerprint density at radius 1 is 1.11 bits per heavy atom. The SMILES string of the molecule is CCOc1c(OC)cc(CNC(=NC)NCCC2=CCCCC2)cc1OC.I. The molecule has 0 heterocycles. The van der Waals surface area contributed by atoms with E-state index in [1.807, 2.05) is 19.1 Å². The molecule has 0 atom stereocenters. The highest BCUT2D eigenvalue weighted by atomic mass is 127. The van der Waals surface area contributed by atoms with Crippen LogP contribution in [0.3, 0.4) is 0 Å². The Bertz CT molecular complexity index is 637. The van der Waals surface area contributed by atoms with Crippen molar-refractivity contribution in [1.29, 1.82) is 0 Å². The highest BCUT2D eigenvalue weighted by Gasteiger charge is 2.14. The maximum absolute atomic E-state index is 5.65. The van der Waals surface area contributed by atoms with Gasteiger partial charge in [-0.15, -0.1) is 24.0 Å². The number of guanidine groups is 1. The van der Waals surface area contributed by atoms with E-state index in [2.05, 4.69) is 21.7 Å². The minimum atomic E-state index is 0. The molecular formula is C21H34IN3O3. The van der Waals surface area contributed by atoms with Crippen molar-refractivity contribution in [1.82, 2.24) is 10.6 Å². The molecule has 0 spiro atoms. The second-order valence-corrected chi connectivity index (χ2v) is 6.47. The molecule has 2 rings (SSSR count). The molecule has 0 fully saturated rings. The van der Waals surface area contributed by atoms with E-state index in [0.717, 1.165) is 24.5 Å². The van der Waals surface area contributed by atoms with Gasteiger partial charge < -0.3 is 24.8 Å². The fraction of sp³-hybridized carbons (Fsp3) is 0.571. The monoisotopic (exact) mass is 503 g/mol. The Balaban J connectivity index is 0.00000392. The van der Waals surface area contributed by atoms with Crippen LogP contribution < -0.4 is 24.8 Å². The van der Waals surface area contributed by atoms with Crippen LogP contribution in [-0.2, 0) is 6.54 Å². The number of nitrogens with one attached hydrogen (secondary N) is 2. The molecule has 0 radical (unpaired) electrons. The van der Waals surface area contributed by atoms with Gasteiger partial charge in [-0.3, -0.25) is 4.99 Å². The molecule has 6 nitrogen and oxygen atoms in total. The lowest BCUT2D eigenvalue weighted by molar-refractivity contribution is 0.288. The van der Waals surface area contributed by atoms with E-state index < -0.39 is 0 Å². The number of halogens is 1. The summed E-state index contributed by atoms with van der Waals surface area (Å²) in [5.74, 6) is 2.76. The number of nitrogens with zero attached hydrogens (tertiary/aromatic N) is 1. The van der Waals surface area contributed by atoms with Gasteiger partial charge in [0.15, 0.2) is 17.5 Å². The molecule has 0 bridgehead atoms. The van der Waals surface area contributed by atoms with Crippen LogP contribution in [-0.4, -0.2) is 40.4 Å². The molecule has 0 saturated heterocycles. The first-order valence-electron chi connectivity index (χ1n) is 9.71. The van der Waals surface area contributed by atoms with Gasteiger partial charge >= 0.3 is 0 Å². The van der Waals surface area contributed by atoms with E-state index in [1.54, 1.807) is 26.8 Å². The average molecular weight is 503 g/mol. The molecule has 1 aromatic rings. The summed E-state index contributed by atoms with van der Waals surface area (Å²) in [6.07, 6.45) is 8.57. The first-order chi connectivity index (χ1) is 13.2. The molecule has 28 heavy (non-hydrogen) atoms. The number of aliphatic imine (C=N–C) groups is 1. The Morgan fingerprint density at radius 2 is 1.82 bits per heavy atom. The standard InChI is InChI=1S/C21H33N3O3.HI/c1-5-27-20-18(25-3)13-17(14-19(20)26-4)15-24-21(22-2)23-12-11-16-9-7-6-8-10-16;/h9,13-14H,5-8,10-12,15H2,1-4H3,(H2,22,23,24);1H. The fourth-order valence-corrected chi connectivity index (χ4v) is 3.20.